The van der Waals surface area contributed by atoms with Crippen molar-refractivity contribution >= 4 is 17.4 Å². The van der Waals surface area contributed by atoms with Crippen molar-refractivity contribution in [2.45, 2.75) is 6.92 Å². The van der Waals surface area contributed by atoms with Crippen molar-refractivity contribution < 1.29 is 19.4 Å². The molecule has 2 rings (SSSR count). The van der Waals surface area contributed by atoms with E-state index in [0.29, 0.717) is 11.3 Å². The molecule has 0 aliphatic rings. The highest BCUT2D eigenvalue weighted by molar-refractivity contribution is 5.94. The summed E-state index contributed by atoms with van der Waals surface area (Å²) in [5, 5.41) is 8.80. The van der Waals surface area contributed by atoms with E-state index >= 15 is 0 Å². The van der Waals surface area contributed by atoms with Crippen LogP contribution < -0.4 is 10.5 Å². The number of carbonyl (C=O) groups excluding carboxylic acids is 1. The molecule has 0 aliphatic carbocycles. The van der Waals surface area contributed by atoms with Gasteiger partial charge in [0.2, 0.25) is 5.88 Å². The number of anilines is 1. The van der Waals surface area contributed by atoms with Gasteiger partial charge in [-0.05, 0) is 37.3 Å². The summed E-state index contributed by atoms with van der Waals surface area (Å²) < 4.78 is 5.44. The molecule has 1 aromatic heterocycles. The lowest BCUT2D eigenvalue weighted by atomic mass is 10.1. The molecule has 1 aromatic carbocycles. The summed E-state index contributed by atoms with van der Waals surface area (Å²) in [6, 6.07) is 7.75. The maximum absolute atomic E-state index is 11.1. The molecule has 0 unspecified atom stereocenters. The van der Waals surface area contributed by atoms with Crippen LogP contribution in [0.5, 0.6) is 11.6 Å². The number of nitrogen functional groups attached to an aromatic ring is 1. The van der Waals surface area contributed by atoms with E-state index in [9.17, 15) is 9.59 Å². The van der Waals surface area contributed by atoms with Crippen LogP contribution in [0.2, 0.25) is 0 Å². The molecule has 0 radical (unpaired) electrons. The van der Waals surface area contributed by atoms with Crippen molar-refractivity contribution in [3.63, 3.8) is 0 Å². The van der Waals surface area contributed by atoms with Crippen molar-refractivity contribution in [2.75, 3.05) is 5.73 Å². The van der Waals surface area contributed by atoms with E-state index in [1.807, 2.05) is 0 Å². The zero-order chi connectivity index (χ0) is 14.7. The number of ether oxygens (including phenoxy) is 1. The zero-order valence-corrected chi connectivity index (χ0v) is 10.7. The van der Waals surface area contributed by atoms with E-state index in [1.165, 1.54) is 13.0 Å². The Morgan fingerprint density at radius 3 is 2.35 bits per heavy atom. The van der Waals surface area contributed by atoms with Crippen LogP contribution in [0.25, 0.3) is 0 Å². The van der Waals surface area contributed by atoms with Gasteiger partial charge in [0.05, 0.1) is 11.3 Å². The van der Waals surface area contributed by atoms with Gasteiger partial charge in [0.1, 0.15) is 5.75 Å². The van der Waals surface area contributed by atoms with E-state index < -0.39 is 5.97 Å². The molecule has 6 nitrogen and oxygen atoms in total. The Morgan fingerprint density at radius 1 is 1.20 bits per heavy atom. The van der Waals surface area contributed by atoms with Crippen molar-refractivity contribution in [1.29, 1.82) is 0 Å². The minimum Gasteiger partial charge on any atom is -0.478 e. The highest BCUT2D eigenvalue weighted by Gasteiger charge is 2.09. The Labute approximate surface area is 114 Å². The van der Waals surface area contributed by atoms with Gasteiger partial charge >= 0.3 is 5.97 Å². The first-order valence-electron chi connectivity index (χ1n) is 5.75. The summed E-state index contributed by atoms with van der Waals surface area (Å²) in [6.07, 6.45) is 1.16. The number of Topliss-reactive ketones (excluding diaryl/α,β-unsaturated/α-hetero) is 1. The molecule has 0 saturated heterocycles. The van der Waals surface area contributed by atoms with Crippen LogP contribution in [0.1, 0.15) is 27.6 Å². The van der Waals surface area contributed by atoms with E-state index in [1.54, 1.807) is 24.3 Å². The van der Waals surface area contributed by atoms with Crippen molar-refractivity contribution in [3.8, 4) is 11.6 Å². The number of benzene rings is 1. The molecule has 3 N–H and O–H groups in total. The number of carboxylic acid groups (broad SMARTS) is 1. The molecule has 1 heterocycles. The third kappa shape index (κ3) is 2.92. The molecule has 0 saturated carbocycles. The van der Waals surface area contributed by atoms with Crippen LogP contribution in [-0.4, -0.2) is 21.8 Å². The molecule has 0 amide bonds. The normalized spacial score (nSPS) is 10.1. The standard InChI is InChI=1S/C14H12N2O4/c1-8(17)9-2-4-11(5-3-9)20-13-12(15)6-10(7-16-13)14(18)19/h2-7H,15H2,1H3,(H,18,19). The van der Waals surface area contributed by atoms with E-state index in [-0.39, 0.29) is 22.9 Å². The molecular weight excluding hydrogens is 260 g/mol. The number of pyridine rings is 1. The summed E-state index contributed by atoms with van der Waals surface area (Å²) in [6.45, 7) is 1.47. The number of aromatic nitrogens is 1. The highest BCUT2D eigenvalue weighted by atomic mass is 16.5. The first-order valence-corrected chi connectivity index (χ1v) is 5.75. The van der Waals surface area contributed by atoms with Crippen LogP contribution in [0.15, 0.2) is 36.5 Å². The van der Waals surface area contributed by atoms with E-state index in [2.05, 4.69) is 4.98 Å². The van der Waals surface area contributed by atoms with Crippen molar-refractivity contribution in [3.05, 3.63) is 47.7 Å². The van der Waals surface area contributed by atoms with Crippen molar-refractivity contribution in [1.82, 2.24) is 4.98 Å². The van der Waals surface area contributed by atoms with Crippen molar-refractivity contribution in [2.24, 2.45) is 0 Å². The Bertz CT molecular complexity index is 665. The second-order valence-electron chi connectivity index (χ2n) is 4.11. The second-order valence-corrected chi connectivity index (χ2v) is 4.11. The fourth-order valence-corrected chi connectivity index (χ4v) is 1.54. The van der Waals surface area contributed by atoms with E-state index in [4.69, 9.17) is 15.6 Å². The van der Waals surface area contributed by atoms with Crippen LogP contribution in [-0.2, 0) is 0 Å². The third-order valence-electron chi connectivity index (χ3n) is 2.60. The Hall–Kier alpha value is -2.89. The maximum Gasteiger partial charge on any atom is 0.337 e. The number of carbonyl (C=O) groups is 2. The van der Waals surface area contributed by atoms with Gasteiger partial charge in [-0.1, -0.05) is 0 Å². The summed E-state index contributed by atoms with van der Waals surface area (Å²) in [7, 11) is 0. The average Bonchev–Trinajstić information content (AvgIpc) is 2.41. The lowest BCUT2D eigenvalue weighted by Gasteiger charge is -2.08. The minimum atomic E-state index is -1.11. The number of carboxylic acids is 1. The minimum absolute atomic E-state index is 0.0122. The molecule has 0 atom stereocenters. The number of hydrogen-bond acceptors (Lipinski definition) is 5. The summed E-state index contributed by atoms with van der Waals surface area (Å²) in [5.41, 5.74) is 6.36. The topological polar surface area (TPSA) is 103 Å². The predicted molar refractivity (Wildman–Crippen MR) is 72.1 cm³/mol. The molecule has 6 heteroatoms. The van der Waals surface area contributed by atoms with Gasteiger partial charge in [0, 0.05) is 11.8 Å². The fourth-order valence-electron chi connectivity index (χ4n) is 1.54. The van der Waals surface area contributed by atoms with Gasteiger partial charge in [0.15, 0.2) is 5.78 Å². The lowest BCUT2D eigenvalue weighted by molar-refractivity contribution is 0.0696. The second kappa shape index (κ2) is 5.40. The third-order valence-corrected chi connectivity index (χ3v) is 2.60. The van der Waals surface area contributed by atoms with E-state index in [0.717, 1.165) is 6.20 Å². The Morgan fingerprint density at radius 2 is 1.85 bits per heavy atom. The molecule has 20 heavy (non-hydrogen) atoms. The number of aromatic carboxylic acids is 1. The molecule has 102 valence electrons. The van der Waals surface area contributed by atoms with Crippen LogP contribution in [0.3, 0.4) is 0 Å². The zero-order valence-electron chi connectivity index (χ0n) is 10.7. The summed E-state index contributed by atoms with van der Waals surface area (Å²) in [4.78, 5) is 25.8. The lowest BCUT2D eigenvalue weighted by Crippen LogP contribution is -2.01. The number of nitrogens with zero attached hydrogens (tertiary/aromatic N) is 1. The number of ketones is 1. The largest absolute Gasteiger partial charge is 0.478 e. The molecule has 0 spiro atoms. The maximum atomic E-state index is 11.1. The van der Waals surface area contributed by atoms with Gasteiger partial charge in [-0.2, -0.15) is 0 Å². The SMILES string of the molecule is CC(=O)c1ccc(Oc2ncc(C(=O)O)cc2N)cc1. The predicted octanol–water partition coefficient (Wildman–Crippen LogP) is 2.36. The molecule has 2 aromatic rings. The molecule has 0 fully saturated rings. The van der Waals surface area contributed by atoms with Gasteiger partial charge in [-0.25, -0.2) is 9.78 Å². The number of nitrogens with two attached hydrogens (primary N) is 1. The molecule has 0 bridgehead atoms. The average molecular weight is 272 g/mol. The molecule has 0 aliphatic heterocycles. The van der Waals surface area contributed by atoms with Gasteiger partial charge in [-0.3, -0.25) is 4.79 Å². The number of rotatable bonds is 4. The van der Waals surface area contributed by atoms with Crippen LogP contribution in [0, 0.1) is 0 Å². The monoisotopic (exact) mass is 272 g/mol. The first-order chi connectivity index (χ1) is 9.47. The highest BCUT2D eigenvalue weighted by Crippen LogP contribution is 2.25. The molecular formula is C14H12N2O4. The van der Waals surface area contributed by atoms with Gasteiger partial charge in [-0.15, -0.1) is 0 Å². The number of hydrogen-bond donors (Lipinski definition) is 2. The van der Waals surface area contributed by atoms with Crippen LogP contribution >= 0.6 is 0 Å². The summed E-state index contributed by atoms with van der Waals surface area (Å²) in [5.74, 6) is -0.579. The van der Waals surface area contributed by atoms with Gasteiger partial charge in [0.25, 0.3) is 0 Å². The quantitative estimate of drug-likeness (QED) is 0.828. The van der Waals surface area contributed by atoms with Gasteiger partial charge < -0.3 is 15.6 Å². The van der Waals surface area contributed by atoms with Crippen LogP contribution in [0.4, 0.5) is 5.69 Å². The first kappa shape index (κ1) is 13.5. The summed E-state index contributed by atoms with van der Waals surface area (Å²) >= 11 is 0. The fraction of sp³-hybridized carbons (Fsp3) is 0.0714. The smallest absolute Gasteiger partial charge is 0.337 e. The Balaban J connectivity index is 2.21. The Kier molecular flexibility index (Phi) is 3.65.